The third kappa shape index (κ3) is 4.51. The van der Waals surface area contributed by atoms with E-state index in [2.05, 4.69) is 34.5 Å². The zero-order valence-corrected chi connectivity index (χ0v) is 13.8. The lowest BCUT2D eigenvalue weighted by Gasteiger charge is -2.20. The number of hydrogen-bond donors (Lipinski definition) is 1. The first-order valence-corrected chi connectivity index (χ1v) is 8.66. The van der Waals surface area contributed by atoms with Crippen LogP contribution in [0.5, 0.6) is 0 Å². The zero-order chi connectivity index (χ0) is 15.9. The van der Waals surface area contributed by atoms with Gasteiger partial charge in [-0.1, -0.05) is 30.3 Å². The summed E-state index contributed by atoms with van der Waals surface area (Å²) in [7, 11) is 0. The van der Waals surface area contributed by atoms with Gasteiger partial charge in [0, 0.05) is 37.1 Å². The average Bonchev–Trinajstić information content (AvgIpc) is 3.25. The van der Waals surface area contributed by atoms with E-state index >= 15 is 0 Å². The Morgan fingerprint density at radius 1 is 1.13 bits per heavy atom. The summed E-state index contributed by atoms with van der Waals surface area (Å²) in [6.07, 6.45) is 4.44. The van der Waals surface area contributed by atoms with Crippen LogP contribution in [-0.4, -0.2) is 29.5 Å². The van der Waals surface area contributed by atoms with E-state index in [0.717, 1.165) is 42.3 Å². The Bertz CT molecular complexity index is 694. The third-order valence-electron chi connectivity index (χ3n) is 3.71. The van der Waals surface area contributed by atoms with Crippen molar-refractivity contribution in [3.63, 3.8) is 0 Å². The molecule has 0 atom stereocenters. The van der Waals surface area contributed by atoms with Gasteiger partial charge in [-0.3, -0.25) is 4.90 Å². The predicted molar refractivity (Wildman–Crippen MR) is 94.3 cm³/mol. The number of benzene rings is 1. The second-order valence-corrected chi connectivity index (χ2v) is 6.31. The molecule has 0 unspecified atom stereocenters. The number of nitrogens with zero attached hydrogens (tertiary/aromatic N) is 2. The molecule has 0 saturated carbocycles. The van der Waals surface area contributed by atoms with Gasteiger partial charge in [0.1, 0.15) is 11.3 Å². The molecule has 23 heavy (non-hydrogen) atoms. The van der Waals surface area contributed by atoms with Gasteiger partial charge in [0.05, 0.1) is 12.0 Å². The molecule has 120 valence electrons. The molecule has 3 rings (SSSR count). The van der Waals surface area contributed by atoms with Crippen LogP contribution in [0.2, 0.25) is 0 Å². The number of rotatable bonds is 8. The van der Waals surface area contributed by atoms with E-state index in [0.29, 0.717) is 6.54 Å². The topological polar surface area (TPSA) is 55.3 Å². The van der Waals surface area contributed by atoms with Gasteiger partial charge in [-0.2, -0.15) is 0 Å². The van der Waals surface area contributed by atoms with Gasteiger partial charge in [-0.05, 0) is 18.1 Å². The van der Waals surface area contributed by atoms with E-state index in [1.54, 1.807) is 23.9 Å². The van der Waals surface area contributed by atoms with Crippen LogP contribution in [0, 0.1) is 0 Å². The minimum absolute atomic E-state index is 0.660. The summed E-state index contributed by atoms with van der Waals surface area (Å²) in [5, 5.41) is 3.12. The normalized spacial score (nSPS) is 11.2. The first-order valence-electron chi connectivity index (χ1n) is 7.78. The Labute approximate surface area is 140 Å². The Kier molecular flexibility index (Phi) is 5.58. The summed E-state index contributed by atoms with van der Waals surface area (Å²) in [6, 6.07) is 12.5. The van der Waals surface area contributed by atoms with Crippen molar-refractivity contribution in [3.05, 3.63) is 65.6 Å². The fourth-order valence-electron chi connectivity index (χ4n) is 2.51. The summed E-state index contributed by atoms with van der Waals surface area (Å²) >= 11 is 1.65. The number of nitrogens with two attached hydrogens (primary N) is 1. The van der Waals surface area contributed by atoms with Crippen molar-refractivity contribution < 1.29 is 4.42 Å². The molecule has 3 aromatic rings. The number of furan rings is 1. The van der Waals surface area contributed by atoms with Crippen LogP contribution in [0.4, 0.5) is 0 Å². The molecule has 2 heterocycles. The minimum Gasteiger partial charge on any atom is -0.472 e. The highest BCUT2D eigenvalue weighted by Crippen LogP contribution is 2.24. The van der Waals surface area contributed by atoms with E-state index in [9.17, 15) is 0 Å². The molecule has 0 fully saturated rings. The third-order valence-corrected chi connectivity index (χ3v) is 4.65. The van der Waals surface area contributed by atoms with E-state index < -0.39 is 0 Å². The van der Waals surface area contributed by atoms with Crippen LogP contribution in [0.25, 0.3) is 10.6 Å². The molecule has 0 radical (unpaired) electrons. The van der Waals surface area contributed by atoms with Crippen molar-refractivity contribution in [2.75, 3.05) is 19.6 Å². The lowest BCUT2D eigenvalue weighted by atomic mass is 10.1. The van der Waals surface area contributed by atoms with Gasteiger partial charge >= 0.3 is 0 Å². The molecule has 2 N–H and O–H groups in total. The molecule has 0 bridgehead atoms. The van der Waals surface area contributed by atoms with Crippen molar-refractivity contribution in [1.82, 2.24) is 9.88 Å². The van der Waals surface area contributed by atoms with Crippen molar-refractivity contribution in [3.8, 4) is 10.6 Å². The molecule has 0 amide bonds. The lowest BCUT2D eigenvalue weighted by Crippen LogP contribution is -2.31. The van der Waals surface area contributed by atoms with E-state index in [4.69, 9.17) is 15.1 Å². The maximum Gasteiger partial charge on any atom is 0.126 e. The van der Waals surface area contributed by atoms with Gasteiger partial charge in [0.15, 0.2) is 0 Å². The summed E-state index contributed by atoms with van der Waals surface area (Å²) in [5.74, 6) is 0. The Hall–Kier alpha value is -1.95. The van der Waals surface area contributed by atoms with Crippen molar-refractivity contribution in [2.45, 2.75) is 13.0 Å². The van der Waals surface area contributed by atoms with Crippen molar-refractivity contribution in [1.29, 1.82) is 0 Å². The maximum atomic E-state index is 5.76. The first kappa shape index (κ1) is 15.9. The van der Waals surface area contributed by atoms with Crippen LogP contribution in [-0.2, 0) is 13.0 Å². The molecule has 0 aliphatic carbocycles. The van der Waals surface area contributed by atoms with E-state index in [-0.39, 0.29) is 0 Å². The van der Waals surface area contributed by atoms with Crippen LogP contribution in [0.3, 0.4) is 0 Å². The molecular formula is C18H21N3OS. The number of thiazole rings is 1. The standard InChI is InChI=1S/C18H21N3OS/c19-8-10-21(9-6-15-4-2-1-3-5-15)12-17-14-23-18(20-17)16-7-11-22-13-16/h1-5,7,11,13-14H,6,8-10,12,19H2. The summed E-state index contributed by atoms with van der Waals surface area (Å²) in [6.45, 7) is 3.36. The Morgan fingerprint density at radius 2 is 2.00 bits per heavy atom. The average molecular weight is 327 g/mol. The molecule has 0 aliphatic rings. The van der Waals surface area contributed by atoms with Gasteiger partial charge in [0.25, 0.3) is 0 Å². The Morgan fingerprint density at radius 3 is 2.74 bits per heavy atom. The molecule has 0 aliphatic heterocycles. The highest BCUT2D eigenvalue weighted by Gasteiger charge is 2.10. The fraction of sp³-hybridized carbons (Fsp3) is 0.278. The Balaban J connectivity index is 1.60. The van der Waals surface area contributed by atoms with Gasteiger partial charge in [-0.25, -0.2) is 4.98 Å². The predicted octanol–water partition coefficient (Wildman–Crippen LogP) is 3.41. The SMILES string of the molecule is NCCN(CCc1ccccc1)Cc1csc(-c2ccoc2)n1. The van der Waals surface area contributed by atoms with Crippen LogP contribution in [0.15, 0.2) is 58.7 Å². The van der Waals surface area contributed by atoms with E-state index in [1.165, 1.54) is 5.56 Å². The van der Waals surface area contributed by atoms with Crippen molar-refractivity contribution >= 4 is 11.3 Å². The highest BCUT2D eigenvalue weighted by atomic mass is 32.1. The molecule has 4 nitrogen and oxygen atoms in total. The van der Waals surface area contributed by atoms with Crippen LogP contribution in [0.1, 0.15) is 11.3 Å². The first-order chi connectivity index (χ1) is 11.3. The second-order valence-electron chi connectivity index (χ2n) is 5.46. The molecule has 2 aromatic heterocycles. The van der Waals surface area contributed by atoms with Crippen LogP contribution >= 0.6 is 11.3 Å². The fourth-order valence-corrected chi connectivity index (χ4v) is 3.31. The molecule has 1 aromatic carbocycles. The molecular weight excluding hydrogens is 306 g/mol. The van der Waals surface area contributed by atoms with Gasteiger partial charge in [-0.15, -0.1) is 11.3 Å². The summed E-state index contributed by atoms with van der Waals surface area (Å²) in [5.41, 5.74) is 9.24. The monoisotopic (exact) mass is 327 g/mol. The summed E-state index contributed by atoms with van der Waals surface area (Å²) < 4.78 is 5.13. The van der Waals surface area contributed by atoms with Crippen LogP contribution < -0.4 is 5.73 Å². The highest BCUT2D eigenvalue weighted by molar-refractivity contribution is 7.13. The minimum atomic E-state index is 0.660. The maximum absolute atomic E-state index is 5.76. The molecule has 5 heteroatoms. The quantitative estimate of drug-likeness (QED) is 0.689. The summed E-state index contributed by atoms with van der Waals surface area (Å²) in [4.78, 5) is 7.07. The number of hydrogen-bond acceptors (Lipinski definition) is 5. The molecule has 0 spiro atoms. The van der Waals surface area contributed by atoms with Gasteiger partial charge in [0.2, 0.25) is 0 Å². The number of aromatic nitrogens is 1. The second kappa shape index (κ2) is 8.06. The van der Waals surface area contributed by atoms with Crippen molar-refractivity contribution in [2.24, 2.45) is 5.73 Å². The lowest BCUT2D eigenvalue weighted by molar-refractivity contribution is 0.274. The molecule has 0 saturated heterocycles. The zero-order valence-electron chi connectivity index (χ0n) is 13.0. The smallest absolute Gasteiger partial charge is 0.126 e. The van der Waals surface area contributed by atoms with E-state index in [1.807, 2.05) is 12.1 Å². The van der Waals surface area contributed by atoms with Gasteiger partial charge < -0.3 is 10.2 Å². The largest absolute Gasteiger partial charge is 0.472 e.